The molecule has 4 atom stereocenters. The van der Waals surface area contributed by atoms with Crippen molar-refractivity contribution in [3.8, 4) is 11.6 Å². The first kappa shape index (κ1) is 42.2. The third-order valence-electron chi connectivity index (χ3n) is 11.7. The minimum atomic E-state index is -1.24. The van der Waals surface area contributed by atoms with Gasteiger partial charge in [0.05, 0.1) is 48.2 Å². The van der Waals surface area contributed by atoms with Crippen molar-refractivity contribution in [3.63, 3.8) is 0 Å². The fourth-order valence-electron chi connectivity index (χ4n) is 8.37. The van der Waals surface area contributed by atoms with Crippen molar-refractivity contribution < 1.29 is 38.4 Å². The Morgan fingerprint density at radius 1 is 0.662 bits per heavy atom. The zero-order valence-corrected chi connectivity index (χ0v) is 35.1. The zero-order valence-electron chi connectivity index (χ0n) is 35.1. The van der Waals surface area contributed by atoms with Gasteiger partial charge in [0.2, 0.25) is 5.95 Å². The van der Waals surface area contributed by atoms with Gasteiger partial charge in [-0.25, -0.2) is 19.4 Å². The molecule has 1 aliphatic carbocycles. The smallest absolute Gasteiger partial charge is 0.344 e. The van der Waals surface area contributed by atoms with Gasteiger partial charge in [0.1, 0.15) is 24.0 Å². The number of aliphatic hydroxyl groups is 1. The van der Waals surface area contributed by atoms with Crippen molar-refractivity contribution in [2.24, 2.45) is 5.92 Å². The number of nitrogens with zero attached hydrogens (tertiary/aromatic N) is 4. The van der Waals surface area contributed by atoms with Crippen molar-refractivity contribution >= 4 is 35.0 Å². The van der Waals surface area contributed by atoms with E-state index >= 15 is 0 Å². The number of hydrogen-bond acceptors (Lipinski definition) is 12. The van der Waals surface area contributed by atoms with Crippen molar-refractivity contribution in [2.75, 3.05) is 19.0 Å². The van der Waals surface area contributed by atoms with Crippen LogP contribution in [0.2, 0.25) is 0 Å². The summed E-state index contributed by atoms with van der Waals surface area (Å²) >= 11 is 0. The molecule has 2 N–H and O–H groups in total. The van der Waals surface area contributed by atoms with Crippen LogP contribution in [0.4, 0.5) is 5.95 Å². The molecule has 0 amide bonds. The van der Waals surface area contributed by atoms with Gasteiger partial charge in [-0.1, -0.05) is 127 Å². The lowest BCUT2D eigenvalue weighted by Gasteiger charge is -2.37. The molecule has 0 unspecified atom stereocenters. The first-order valence-electron chi connectivity index (χ1n) is 21.0. The highest BCUT2D eigenvalue weighted by molar-refractivity contribution is 5.93. The van der Waals surface area contributed by atoms with Crippen LogP contribution in [0.25, 0.3) is 11.2 Å². The number of fused-ring (bicyclic) bond motifs is 1. The second-order valence-electron chi connectivity index (χ2n) is 15.5. The van der Waals surface area contributed by atoms with Gasteiger partial charge >= 0.3 is 17.9 Å². The van der Waals surface area contributed by atoms with E-state index < -0.39 is 47.6 Å². The summed E-state index contributed by atoms with van der Waals surface area (Å²) in [7, 11) is 1.61. The largest absolute Gasteiger partial charge is 0.497 e. The maximum absolute atomic E-state index is 13.7. The highest BCUT2D eigenvalue weighted by Gasteiger charge is 2.47. The van der Waals surface area contributed by atoms with Gasteiger partial charge in [0.15, 0.2) is 11.2 Å². The first-order chi connectivity index (χ1) is 31.8. The Morgan fingerprint density at radius 2 is 1.17 bits per heavy atom. The van der Waals surface area contributed by atoms with E-state index in [0.29, 0.717) is 16.9 Å². The summed E-state index contributed by atoms with van der Waals surface area (Å²) in [5.74, 6) is -2.13. The van der Waals surface area contributed by atoms with Crippen LogP contribution in [0.5, 0.6) is 11.6 Å². The Labute approximate surface area is 374 Å². The first-order valence-corrected chi connectivity index (χ1v) is 21.0. The third kappa shape index (κ3) is 8.64. The highest BCUT2D eigenvalue weighted by atomic mass is 16.6. The molecule has 0 radical (unpaired) electrons. The molecular weight excluding hydrogens is 823 g/mol. The normalized spacial score (nSPS) is 17.0. The molecule has 13 nitrogen and oxygen atoms in total. The number of hydrogen-bond donors (Lipinski definition) is 2. The summed E-state index contributed by atoms with van der Waals surface area (Å²) in [5.41, 5.74) is 2.67. The van der Waals surface area contributed by atoms with Crippen LogP contribution in [-0.4, -0.2) is 68.5 Å². The van der Waals surface area contributed by atoms with Crippen LogP contribution in [0.3, 0.4) is 0 Å². The standard InChI is InChI=1S/C52H43N5O8/c1-62-40-29-27-39(28-30-40)52(37-23-13-5-14-24-37,38-25-15-6-16-26-38)56-51-54-46-44(47(55-51)65-50(61)36-21-11-4-12-22-36)53-33-57(46)42-31-43(64-49(60)35-19-9-3-10-20-35)41(45(42)58)32-63-48(59)34-17-7-2-8-18-34/h2-30,33,41-43,45,58H,31-32H2,1H3,(H,54,55,56)/t41-,42-,43+,45+/m1/s1. The van der Waals surface area contributed by atoms with Gasteiger partial charge in [0.25, 0.3) is 5.88 Å². The minimum Gasteiger partial charge on any atom is -0.497 e. The molecule has 0 spiro atoms. The van der Waals surface area contributed by atoms with E-state index in [1.165, 1.54) is 6.33 Å². The van der Waals surface area contributed by atoms with E-state index in [2.05, 4.69) is 10.3 Å². The number of rotatable bonds is 14. The molecular formula is C52H43N5O8. The molecule has 65 heavy (non-hydrogen) atoms. The number of esters is 3. The summed E-state index contributed by atoms with van der Waals surface area (Å²) in [6.45, 7) is -0.259. The zero-order chi connectivity index (χ0) is 44.8. The minimum absolute atomic E-state index is 0.0616. The Balaban J connectivity index is 1.16. The lowest BCUT2D eigenvalue weighted by atomic mass is 9.77. The summed E-state index contributed by atoms with van der Waals surface area (Å²) in [5, 5.41) is 15.9. The summed E-state index contributed by atoms with van der Waals surface area (Å²) in [6, 6.07) is 52.0. The maximum Gasteiger partial charge on any atom is 0.344 e. The molecule has 9 rings (SSSR count). The molecule has 1 fully saturated rings. The van der Waals surface area contributed by atoms with Crippen LogP contribution >= 0.6 is 0 Å². The SMILES string of the molecule is COc1ccc(C(Nc2nc(OC(=O)c3ccccc3)c3ncn([C@@H]4C[C@H](OC(=O)c5ccccc5)[C@@H](COC(=O)c5ccccc5)[C@@H]4O)c3n2)(c2ccccc2)c2ccccc2)cc1. The van der Waals surface area contributed by atoms with Crippen LogP contribution in [0.15, 0.2) is 182 Å². The number of imidazole rings is 1. The molecule has 0 aliphatic heterocycles. The molecule has 2 aromatic heterocycles. The predicted octanol–water partition coefficient (Wildman–Crippen LogP) is 8.46. The van der Waals surface area contributed by atoms with E-state index in [9.17, 15) is 19.5 Å². The quantitative estimate of drug-likeness (QED) is 0.0793. The van der Waals surface area contributed by atoms with Gasteiger partial charge < -0.3 is 33.9 Å². The Morgan fingerprint density at radius 3 is 1.72 bits per heavy atom. The molecule has 2 heterocycles. The van der Waals surface area contributed by atoms with Gasteiger partial charge in [-0.3, -0.25) is 0 Å². The van der Waals surface area contributed by atoms with Crippen molar-refractivity contribution in [1.29, 1.82) is 0 Å². The van der Waals surface area contributed by atoms with Crippen molar-refractivity contribution in [1.82, 2.24) is 19.5 Å². The second-order valence-corrected chi connectivity index (χ2v) is 15.5. The number of carbonyl (C=O) groups excluding carboxylic acids is 3. The molecule has 0 saturated heterocycles. The molecule has 324 valence electrons. The number of benzene rings is 6. The number of methoxy groups -OCH3 is 1. The highest BCUT2D eigenvalue weighted by Crippen LogP contribution is 2.43. The average Bonchev–Trinajstić information content (AvgIpc) is 3.93. The van der Waals surface area contributed by atoms with Crippen LogP contribution < -0.4 is 14.8 Å². The molecule has 8 aromatic rings. The average molecular weight is 866 g/mol. The maximum atomic E-state index is 13.7. The number of nitrogens with one attached hydrogen (secondary N) is 1. The topological polar surface area (TPSA) is 164 Å². The molecule has 1 aliphatic rings. The lowest BCUT2D eigenvalue weighted by molar-refractivity contribution is -0.0170. The molecule has 0 bridgehead atoms. The monoisotopic (exact) mass is 865 g/mol. The van der Waals surface area contributed by atoms with Gasteiger partial charge in [0, 0.05) is 6.42 Å². The predicted molar refractivity (Wildman–Crippen MR) is 242 cm³/mol. The Bertz CT molecular complexity index is 2860. The van der Waals surface area contributed by atoms with E-state index in [4.69, 9.17) is 28.9 Å². The van der Waals surface area contributed by atoms with Gasteiger partial charge in [-0.05, 0) is 65.2 Å². The summed E-state index contributed by atoms with van der Waals surface area (Å²) in [6.07, 6.45) is -0.569. The number of aliphatic hydroxyl groups excluding tert-OH is 1. The third-order valence-corrected chi connectivity index (χ3v) is 11.7. The number of aromatic nitrogens is 4. The van der Waals surface area contributed by atoms with Gasteiger partial charge in [-0.15, -0.1) is 0 Å². The second kappa shape index (κ2) is 18.7. The van der Waals surface area contributed by atoms with E-state index in [0.717, 1.165) is 16.7 Å². The fourth-order valence-corrected chi connectivity index (χ4v) is 8.37. The number of carbonyl (C=O) groups is 3. The van der Waals surface area contributed by atoms with Crippen molar-refractivity contribution in [2.45, 2.75) is 30.2 Å². The van der Waals surface area contributed by atoms with Crippen LogP contribution in [-0.2, 0) is 15.0 Å². The Kier molecular flexibility index (Phi) is 12.1. The van der Waals surface area contributed by atoms with Crippen molar-refractivity contribution in [3.05, 3.63) is 216 Å². The summed E-state index contributed by atoms with van der Waals surface area (Å²) in [4.78, 5) is 55.0. The lowest BCUT2D eigenvalue weighted by Crippen LogP contribution is -2.39. The van der Waals surface area contributed by atoms with Gasteiger partial charge in [-0.2, -0.15) is 9.97 Å². The van der Waals surface area contributed by atoms with Crippen LogP contribution in [0.1, 0.15) is 60.2 Å². The molecule has 6 aromatic carbocycles. The fraction of sp³-hybridized carbons (Fsp3) is 0.154. The number of anilines is 1. The molecule has 13 heteroatoms. The van der Waals surface area contributed by atoms with E-state index in [1.54, 1.807) is 103 Å². The van der Waals surface area contributed by atoms with E-state index in [-0.39, 0.29) is 41.6 Å². The molecule has 1 saturated carbocycles. The summed E-state index contributed by atoms with van der Waals surface area (Å²) < 4.78 is 25.1. The van der Waals surface area contributed by atoms with Crippen LogP contribution in [0, 0.1) is 5.92 Å². The number of ether oxygens (including phenoxy) is 4. The van der Waals surface area contributed by atoms with E-state index in [1.807, 2.05) is 84.9 Å². The Hall–Kier alpha value is -8.16.